The van der Waals surface area contributed by atoms with E-state index in [1.165, 1.54) is 11.8 Å². The Morgan fingerprint density at radius 1 is 1.08 bits per heavy atom. The first-order valence-electron chi connectivity index (χ1n) is 8.59. The Kier molecular flexibility index (Phi) is 6.30. The molecule has 26 heavy (non-hydrogen) atoms. The standard InChI is InChI=1S/C20H22N2O3S/c1-15-6-8-16(9-7-15)21-19(23)14-26-18-5-3-2-4-17(18)20(24)22-10-12-25-13-11-22/h2-9H,10-14H2,1H3,(H,21,23). The number of thioether (sulfide) groups is 1. The number of nitrogens with zero attached hydrogens (tertiary/aromatic N) is 1. The fourth-order valence-corrected chi connectivity index (χ4v) is 3.53. The molecule has 0 unspecified atom stereocenters. The molecule has 1 aliphatic rings. The van der Waals surface area contributed by atoms with Gasteiger partial charge in [0.2, 0.25) is 5.91 Å². The highest BCUT2D eigenvalue weighted by atomic mass is 32.2. The smallest absolute Gasteiger partial charge is 0.255 e. The number of rotatable bonds is 5. The number of ether oxygens (including phenoxy) is 1. The Hall–Kier alpha value is -2.31. The summed E-state index contributed by atoms with van der Waals surface area (Å²) in [6.45, 7) is 4.35. The normalized spacial score (nSPS) is 14.1. The molecule has 1 fully saturated rings. The van der Waals surface area contributed by atoms with E-state index in [0.717, 1.165) is 16.1 Å². The summed E-state index contributed by atoms with van der Waals surface area (Å²) in [7, 11) is 0. The molecule has 0 bridgehead atoms. The van der Waals surface area contributed by atoms with Crippen molar-refractivity contribution in [1.82, 2.24) is 4.90 Å². The maximum Gasteiger partial charge on any atom is 0.255 e. The Morgan fingerprint density at radius 2 is 1.77 bits per heavy atom. The average molecular weight is 370 g/mol. The van der Waals surface area contributed by atoms with E-state index in [0.29, 0.717) is 31.9 Å². The molecule has 2 aromatic carbocycles. The topological polar surface area (TPSA) is 58.6 Å². The molecule has 0 saturated carbocycles. The molecule has 3 rings (SSSR count). The molecule has 0 aliphatic carbocycles. The van der Waals surface area contributed by atoms with Crippen LogP contribution in [0.3, 0.4) is 0 Å². The third kappa shape index (κ3) is 4.86. The van der Waals surface area contributed by atoms with Gasteiger partial charge < -0.3 is 15.0 Å². The number of hydrogen-bond acceptors (Lipinski definition) is 4. The summed E-state index contributed by atoms with van der Waals surface area (Å²) < 4.78 is 5.31. The predicted octanol–water partition coefficient (Wildman–Crippen LogP) is 3.20. The van der Waals surface area contributed by atoms with Crippen LogP contribution in [0.4, 0.5) is 5.69 Å². The highest BCUT2D eigenvalue weighted by Gasteiger charge is 2.21. The fourth-order valence-electron chi connectivity index (χ4n) is 2.68. The number of benzene rings is 2. The first kappa shape index (κ1) is 18.5. The predicted molar refractivity (Wildman–Crippen MR) is 104 cm³/mol. The summed E-state index contributed by atoms with van der Waals surface area (Å²) in [5.41, 5.74) is 2.56. The van der Waals surface area contributed by atoms with Crippen LogP contribution in [0, 0.1) is 6.92 Å². The summed E-state index contributed by atoms with van der Waals surface area (Å²) in [4.78, 5) is 27.6. The monoisotopic (exact) mass is 370 g/mol. The van der Waals surface area contributed by atoms with Gasteiger partial charge in [0.1, 0.15) is 0 Å². The van der Waals surface area contributed by atoms with E-state index in [-0.39, 0.29) is 17.6 Å². The summed E-state index contributed by atoms with van der Waals surface area (Å²) in [5, 5.41) is 2.88. The Labute approximate surface area is 157 Å². The van der Waals surface area contributed by atoms with Crippen LogP contribution in [0.25, 0.3) is 0 Å². The lowest BCUT2D eigenvalue weighted by Gasteiger charge is -2.27. The molecule has 1 N–H and O–H groups in total. The van der Waals surface area contributed by atoms with Gasteiger partial charge in [-0.05, 0) is 31.2 Å². The van der Waals surface area contributed by atoms with Crippen LogP contribution in [0.1, 0.15) is 15.9 Å². The fraction of sp³-hybridized carbons (Fsp3) is 0.300. The number of morpholine rings is 1. The van der Waals surface area contributed by atoms with Gasteiger partial charge in [-0.3, -0.25) is 9.59 Å². The van der Waals surface area contributed by atoms with Crippen molar-refractivity contribution in [3.8, 4) is 0 Å². The van der Waals surface area contributed by atoms with Crippen molar-refractivity contribution in [2.75, 3.05) is 37.4 Å². The van der Waals surface area contributed by atoms with Crippen molar-refractivity contribution in [3.63, 3.8) is 0 Å². The highest BCUT2D eigenvalue weighted by molar-refractivity contribution is 8.00. The van der Waals surface area contributed by atoms with Crippen LogP contribution in [0.2, 0.25) is 0 Å². The Morgan fingerprint density at radius 3 is 2.50 bits per heavy atom. The number of carbonyl (C=O) groups is 2. The van der Waals surface area contributed by atoms with Gasteiger partial charge in [-0.15, -0.1) is 11.8 Å². The lowest BCUT2D eigenvalue weighted by molar-refractivity contribution is -0.113. The molecule has 0 atom stereocenters. The highest BCUT2D eigenvalue weighted by Crippen LogP contribution is 2.24. The second-order valence-corrected chi connectivity index (χ2v) is 7.12. The van der Waals surface area contributed by atoms with Crippen molar-refractivity contribution in [2.45, 2.75) is 11.8 Å². The van der Waals surface area contributed by atoms with Crippen LogP contribution in [0.5, 0.6) is 0 Å². The van der Waals surface area contributed by atoms with Gasteiger partial charge in [0.15, 0.2) is 0 Å². The molecule has 6 heteroatoms. The van der Waals surface area contributed by atoms with E-state index in [9.17, 15) is 9.59 Å². The van der Waals surface area contributed by atoms with E-state index in [1.807, 2.05) is 55.5 Å². The van der Waals surface area contributed by atoms with Crippen molar-refractivity contribution in [3.05, 3.63) is 59.7 Å². The molecule has 0 radical (unpaired) electrons. The second-order valence-electron chi connectivity index (χ2n) is 6.10. The number of anilines is 1. The van der Waals surface area contributed by atoms with E-state index < -0.39 is 0 Å². The Bertz CT molecular complexity index is 771. The minimum Gasteiger partial charge on any atom is -0.378 e. The van der Waals surface area contributed by atoms with Crippen LogP contribution in [0.15, 0.2) is 53.4 Å². The molecule has 136 valence electrons. The maximum atomic E-state index is 12.7. The quantitative estimate of drug-likeness (QED) is 0.821. The van der Waals surface area contributed by atoms with Gasteiger partial charge in [0, 0.05) is 23.7 Å². The number of nitrogens with one attached hydrogen (secondary N) is 1. The zero-order valence-electron chi connectivity index (χ0n) is 14.7. The first-order valence-corrected chi connectivity index (χ1v) is 9.57. The number of carbonyl (C=O) groups excluding carboxylic acids is 2. The molecule has 2 aromatic rings. The molecule has 0 aromatic heterocycles. The lowest BCUT2D eigenvalue weighted by atomic mass is 10.2. The van der Waals surface area contributed by atoms with E-state index in [1.54, 1.807) is 4.90 Å². The number of aryl methyl sites for hydroxylation is 1. The van der Waals surface area contributed by atoms with Crippen molar-refractivity contribution in [2.24, 2.45) is 0 Å². The third-order valence-corrected chi connectivity index (χ3v) is 5.18. The van der Waals surface area contributed by atoms with Crippen molar-refractivity contribution in [1.29, 1.82) is 0 Å². The average Bonchev–Trinajstić information content (AvgIpc) is 2.68. The molecule has 1 heterocycles. The number of amides is 2. The summed E-state index contributed by atoms with van der Waals surface area (Å²) in [6.07, 6.45) is 0. The summed E-state index contributed by atoms with van der Waals surface area (Å²) >= 11 is 1.38. The van der Waals surface area contributed by atoms with Crippen LogP contribution in [-0.2, 0) is 9.53 Å². The molecule has 5 nitrogen and oxygen atoms in total. The molecule has 1 aliphatic heterocycles. The van der Waals surface area contributed by atoms with Crippen molar-refractivity contribution >= 4 is 29.3 Å². The van der Waals surface area contributed by atoms with E-state index in [4.69, 9.17) is 4.74 Å². The lowest BCUT2D eigenvalue weighted by Crippen LogP contribution is -2.40. The summed E-state index contributed by atoms with van der Waals surface area (Å²) in [6, 6.07) is 15.1. The van der Waals surface area contributed by atoms with Crippen LogP contribution < -0.4 is 5.32 Å². The number of hydrogen-bond donors (Lipinski definition) is 1. The SMILES string of the molecule is Cc1ccc(NC(=O)CSc2ccccc2C(=O)N2CCOCC2)cc1. The van der Waals surface area contributed by atoms with Gasteiger partial charge in [0.05, 0.1) is 24.5 Å². The maximum absolute atomic E-state index is 12.7. The summed E-state index contributed by atoms with van der Waals surface area (Å²) in [5.74, 6) is 0.157. The zero-order valence-corrected chi connectivity index (χ0v) is 15.6. The molecular weight excluding hydrogens is 348 g/mol. The Balaban J connectivity index is 1.61. The zero-order chi connectivity index (χ0) is 18.4. The van der Waals surface area contributed by atoms with Crippen molar-refractivity contribution < 1.29 is 14.3 Å². The molecule has 1 saturated heterocycles. The van der Waals surface area contributed by atoms with Crippen LogP contribution >= 0.6 is 11.8 Å². The van der Waals surface area contributed by atoms with Gasteiger partial charge >= 0.3 is 0 Å². The molecular formula is C20H22N2O3S. The first-order chi connectivity index (χ1) is 12.6. The van der Waals surface area contributed by atoms with E-state index in [2.05, 4.69) is 5.32 Å². The van der Waals surface area contributed by atoms with Gasteiger partial charge in [0.25, 0.3) is 5.91 Å². The van der Waals surface area contributed by atoms with Gasteiger partial charge in [-0.1, -0.05) is 29.8 Å². The second kappa shape index (κ2) is 8.87. The van der Waals surface area contributed by atoms with Crippen LogP contribution in [-0.4, -0.2) is 48.8 Å². The third-order valence-electron chi connectivity index (χ3n) is 4.11. The largest absolute Gasteiger partial charge is 0.378 e. The molecule has 2 amide bonds. The molecule has 0 spiro atoms. The minimum atomic E-state index is -0.0903. The van der Waals surface area contributed by atoms with E-state index >= 15 is 0 Å². The van der Waals surface area contributed by atoms with Gasteiger partial charge in [-0.25, -0.2) is 0 Å². The minimum absolute atomic E-state index is 0.00431. The van der Waals surface area contributed by atoms with Gasteiger partial charge in [-0.2, -0.15) is 0 Å².